The second-order valence-corrected chi connectivity index (χ2v) is 8.45. The largest absolute Gasteiger partial charge is 0.447 e. The van der Waals surface area contributed by atoms with Gasteiger partial charge in [0.15, 0.2) is 11.9 Å². The van der Waals surface area contributed by atoms with E-state index in [-0.39, 0.29) is 18.3 Å². The normalized spacial score (nSPS) is 11.4. The van der Waals surface area contributed by atoms with Crippen LogP contribution < -0.4 is 10.6 Å². The van der Waals surface area contributed by atoms with Crippen molar-refractivity contribution in [1.82, 2.24) is 20.1 Å². The van der Waals surface area contributed by atoms with Crippen LogP contribution in [0.15, 0.2) is 78.9 Å². The van der Waals surface area contributed by atoms with E-state index in [4.69, 9.17) is 4.74 Å². The number of esters is 1. The molecule has 0 spiro atoms. The molecule has 0 bridgehead atoms. The molecule has 0 aliphatic rings. The van der Waals surface area contributed by atoms with Crippen LogP contribution in [0.5, 0.6) is 0 Å². The first kappa shape index (κ1) is 25.3. The number of carbonyl (C=O) groups is 3. The molecule has 2 amide bonds. The summed E-state index contributed by atoms with van der Waals surface area (Å²) in [6, 6.07) is 24.3. The van der Waals surface area contributed by atoms with E-state index in [1.807, 2.05) is 92.7 Å². The van der Waals surface area contributed by atoms with E-state index in [0.29, 0.717) is 17.2 Å². The number of ether oxygens (including phenoxy) is 1. The fourth-order valence-corrected chi connectivity index (χ4v) is 3.70. The number of rotatable bonds is 8. The molecule has 188 valence electrons. The predicted molar refractivity (Wildman–Crippen MR) is 139 cm³/mol. The SMILES string of the molecule is Cc1cccc(C)c1NC(=O)CNC(=O)C(C)OC(=O)c1nc(-c2ccccc2)n(-c2ccccc2)n1. The van der Waals surface area contributed by atoms with Crippen LogP contribution >= 0.6 is 0 Å². The van der Waals surface area contributed by atoms with Gasteiger partial charge in [-0.3, -0.25) is 9.59 Å². The molecule has 1 heterocycles. The summed E-state index contributed by atoms with van der Waals surface area (Å²) in [7, 11) is 0. The maximum Gasteiger partial charge on any atom is 0.379 e. The summed E-state index contributed by atoms with van der Waals surface area (Å²) in [6.45, 7) is 4.93. The van der Waals surface area contributed by atoms with E-state index in [1.165, 1.54) is 6.92 Å². The second kappa shape index (κ2) is 11.3. The fraction of sp³-hybridized carbons (Fsp3) is 0.179. The number of aromatic nitrogens is 3. The second-order valence-electron chi connectivity index (χ2n) is 8.45. The molecular weight excluding hydrogens is 470 g/mol. The highest BCUT2D eigenvalue weighted by Gasteiger charge is 2.24. The molecule has 0 saturated heterocycles. The number of benzene rings is 3. The smallest absolute Gasteiger partial charge is 0.379 e. The molecule has 4 aromatic rings. The molecule has 2 N–H and O–H groups in total. The number of amides is 2. The molecule has 37 heavy (non-hydrogen) atoms. The van der Waals surface area contributed by atoms with Gasteiger partial charge < -0.3 is 15.4 Å². The van der Waals surface area contributed by atoms with Gasteiger partial charge >= 0.3 is 5.97 Å². The van der Waals surface area contributed by atoms with Crippen LogP contribution in [0.2, 0.25) is 0 Å². The molecule has 1 atom stereocenters. The Balaban J connectivity index is 1.41. The topological polar surface area (TPSA) is 115 Å². The lowest BCUT2D eigenvalue weighted by atomic mass is 10.1. The number of nitrogens with one attached hydrogen (secondary N) is 2. The van der Waals surface area contributed by atoms with E-state index in [1.54, 1.807) is 4.68 Å². The van der Waals surface area contributed by atoms with E-state index >= 15 is 0 Å². The molecule has 4 rings (SSSR count). The van der Waals surface area contributed by atoms with Gasteiger partial charge in [-0.2, -0.15) is 0 Å². The summed E-state index contributed by atoms with van der Waals surface area (Å²) in [5.41, 5.74) is 4.02. The maximum absolute atomic E-state index is 12.8. The Morgan fingerprint density at radius 2 is 1.51 bits per heavy atom. The Kier molecular flexibility index (Phi) is 7.73. The Labute approximate surface area is 214 Å². The van der Waals surface area contributed by atoms with E-state index in [0.717, 1.165) is 16.7 Å². The minimum Gasteiger partial charge on any atom is -0.447 e. The van der Waals surface area contributed by atoms with Crippen molar-refractivity contribution in [2.75, 3.05) is 11.9 Å². The van der Waals surface area contributed by atoms with Crippen molar-refractivity contribution >= 4 is 23.5 Å². The maximum atomic E-state index is 12.8. The van der Waals surface area contributed by atoms with Crippen molar-refractivity contribution in [1.29, 1.82) is 0 Å². The van der Waals surface area contributed by atoms with Crippen molar-refractivity contribution in [2.24, 2.45) is 0 Å². The van der Waals surface area contributed by atoms with Gasteiger partial charge in [0.05, 0.1) is 12.2 Å². The van der Waals surface area contributed by atoms with Crippen molar-refractivity contribution in [3.05, 3.63) is 95.8 Å². The van der Waals surface area contributed by atoms with Crippen LogP contribution in [0, 0.1) is 13.8 Å². The van der Waals surface area contributed by atoms with Gasteiger partial charge in [0.2, 0.25) is 5.91 Å². The zero-order chi connectivity index (χ0) is 26.4. The molecule has 3 aromatic carbocycles. The number of hydrogen-bond acceptors (Lipinski definition) is 6. The molecule has 1 aromatic heterocycles. The zero-order valence-corrected chi connectivity index (χ0v) is 20.8. The van der Waals surface area contributed by atoms with Gasteiger partial charge in [-0.25, -0.2) is 14.5 Å². The van der Waals surface area contributed by atoms with Crippen LogP contribution in [-0.4, -0.2) is 45.2 Å². The average molecular weight is 498 g/mol. The lowest BCUT2D eigenvalue weighted by Gasteiger charge is -2.14. The molecule has 9 heteroatoms. The molecule has 9 nitrogen and oxygen atoms in total. The number of aryl methyl sites for hydroxylation is 2. The Bertz CT molecular complexity index is 1340. The molecular formula is C28H27N5O4. The first-order chi connectivity index (χ1) is 17.8. The van der Waals surface area contributed by atoms with Gasteiger partial charge in [0, 0.05) is 11.3 Å². The summed E-state index contributed by atoms with van der Waals surface area (Å²) in [4.78, 5) is 42.1. The third-order valence-electron chi connectivity index (χ3n) is 5.64. The minimum atomic E-state index is -1.16. The van der Waals surface area contributed by atoms with Crippen molar-refractivity contribution in [3.8, 4) is 17.1 Å². The number of hydrogen-bond donors (Lipinski definition) is 2. The highest BCUT2D eigenvalue weighted by atomic mass is 16.5. The quantitative estimate of drug-likeness (QED) is 0.357. The third-order valence-corrected chi connectivity index (χ3v) is 5.64. The lowest BCUT2D eigenvalue weighted by Crippen LogP contribution is -2.40. The molecule has 0 aliphatic carbocycles. The van der Waals surface area contributed by atoms with Crippen LogP contribution in [0.25, 0.3) is 17.1 Å². The Hall–Kier alpha value is -4.79. The van der Waals surface area contributed by atoms with E-state index in [2.05, 4.69) is 20.7 Å². The summed E-state index contributed by atoms with van der Waals surface area (Å²) >= 11 is 0. The van der Waals surface area contributed by atoms with Gasteiger partial charge in [-0.15, -0.1) is 5.10 Å². The number of anilines is 1. The van der Waals surface area contributed by atoms with Crippen molar-refractivity contribution in [3.63, 3.8) is 0 Å². The van der Waals surface area contributed by atoms with Gasteiger partial charge in [0.1, 0.15) is 0 Å². The molecule has 0 aliphatic heterocycles. The molecule has 0 fully saturated rings. The fourth-order valence-electron chi connectivity index (χ4n) is 3.70. The van der Waals surface area contributed by atoms with E-state index in [9.17, 15) is 14.4 Å². The average Bonchev–Trinajstić information content (AvgIpc) is 3.36. The predicted octanol–water partition coefficient (Wildman–Crippen LogP) is 3.85. The van der Waals surface area contributed by atoms with Gasteiger partial charge in [-0.1, -0.05) is 66.7 Å². The number of nitrogens with zero attached hydrogens (tertiary/aromatic N) is 3. The summed E-state index contributed by atoms with van der Waals surface area (Å²) in [5, 5.41) is 9.63. The Morgan fingerprint density at radius 1 is 0.892 bits per heavy atom. The molecule has 0 radical (unpaired) electrons. The third kappa shape index (κ3) is 6.07. The van der Waals surface area contributed by atoms with Crippen LogP contribution in [-0.2, 0) is 14.3 Å². The van der Waals surface area contributed by atoms with Gasteiger partial charge in [0.25, 0.3) is 11.7 Å². The first-order valence-corrected chi connectivity index (χ1v) is 11.8. The molecule has 0 saturated carbocycles. The van der Waals surface area contributed by atoms with Crippen LogP contribution in [0.4, 0.5) is 5.69 Å². The summed E-state index contributed by atoms with van der Waals surface area (Å²) in [6.07, 6.45) is -1.16. The molecule has 1 unspecified atom stereocenters. The van der Waals surface area contributed by atoms with Crippen LogP contribution in [0.1, 0.15) is 28.7 Å². The lowest BCUT2D eigenvalue weighted by molar-refractivity contribution is -0.130. The summed E-state index contributed by atoms with van der Waals surface area (Å²) < 4.78 is 6.86. The Morgan fingerprint density at radius 3 is 2.16 bits per heavy atom. The monoisotopic (exact) mass is 497 g/mol. The number of para-hydroxylation sites is 2. The standard InChI is InChI=1S/C28H27N5O4/c1-18-11-10-12-19(2)24(18)30-23(34)17-29-27(35)20(3)37-28(36)25-31-26(21-13-6-4-7-14-21)33(32-25)22-15-8-5-9-16-22/h4-16,20H,17H2,1-3H3,(H,29,35)(H,30,34). The minimum absolute atomic E-state index is 0.185. The summed E-state index contributed by atoms with van der Waals surface area (Å²) in [5.74, 6) is -1.58. The first-order valence-electron chi connectivity index (χ1n) is 11.8. The highest BCUT2D eigenvalue weighted by Crippen LogP contribution is 2.22. The zero-order valence-electron chi connectivity index (χ0n) is 20.8. The number of carbonyl (C=O) groups excluding carboxylic acids is 3. The van der Waals surface area contributed by atoms with Crippen molar-refractivity contribution in [2.45, 2.75) is 26.9 Å². The van der Waals surface area contributed by atoms with Crippen LogP contribution in [0.3, 0.4) is 0 Å². The highest BCUT2D eigenvalue weighted by molar-refractivity contribution is 5.96. The van der Waals surface area contributed by atoms with Gasteiger partial charge in [-0.05, 0) is 44.0 Å². The van der Waals surface area contributed by atoms with E-state index < -0.39 is 18.0 Å². The van der Waals surface area contributed by atoms with Crippen molar-refractivity contribution < 1.29 is 19.1 Å².